The van der Waals surface area contributed by atoms with E-state index in [0.717, 1.165) is 0 Å². The number of amides is 1. The first-order valence-electron chi connectivity index (χ1n) is 6.83. The second-order valence-electron chi connectivity index (χ2n) is 4.82. The second kappa shape index (κ2) is 8.96. The van der Waals surface area contributed by atoms with Crippen molar-refractivity contribution in [3.63, 3.8) is 0 Å². The summed E-state index contributed by atoms with van der Waals surface area (Å²) in [6, 6.07) is -0.868. The second-order valence-corrected chi connectivity index (χ2v) is 4.82. The van der Waals surface area contributed by atoms with Crippen LogP contribution in [0.2, 0.25) is 0 Å². The van der Waals surface area contributed by atoms with Gasteiger partial charge in [-0.1, -0.05) is 5.92 Å². The lowest BCUT2D eigenvalue weighted by Gasteiger charge is -2.11. The standard InChI is InChI=1S/C13H20N4O5/c1-2-7-21-8-13(16-17-13)9-22-12(20)15-6-4-3-5-10(14)11(18)19/h1,10H,3-9,14H2,(H,15,20)(H,18,19)/t10-/m0/s1. The first kappa shape index (κ1) is 17.9. The number of carboxylic acids is 1. The van der Waals surface area contributed by atoms with E-state index in [9.17, 15) is 9.59 Å². The Morgan fingerprint density at radius 1 is 1.36 bits per heavy atom. The molecule has 122 valence electrons. The molecule has 1 amide bonds. The number of nitrogens with two attached hydrogens (primary N) is 1. The van der Waals surface area contributed by atoms with E-state index in [0.29, 0.717) is 25.8 Å². The number of hydrogen-bond acceptors (Lipinski definition) is 7. The molecule has 1 aliphatic heterocycles. The van der Waals surface area contributed by atoms with Crippen molar-refractivity contribution in [1.82, 2.24) is 5.32 Å². The fourth-order valence-corrected chi connectivity index (χ4v) is 1.54. The maximum absolute atomic E-state index is 11.4. The van der Waals surface area contributed by atoms with Crippen molar-refractivity contribution < 1.29 is 24.2 Å². The number of rotatable bonds is 11. The molecule has 9 nitrogen and oxygen atoms in total. The number of aliphatic carboxylic acids is 1. The Kier molecular flexibility index (Phi) is 7.28. The van der Waals surface area contributed by atoms with E-state index >= 15 is 0 Å². The van der Waals surface area contributed by atoms with Crippen LogP contribution in [0, 0.1) is 12.3 Å². The highest BCUT2D eigenvalue weighted by Crippen LogP contribution is 2.28. The summed E-state index contributed by atoms with van der Waals surface area (Å²) in [7, 11) is 0. The van der Waals surface area contributed by atoms with Gasteiger partial charge in [0.1, 0.15) is 25.9 Å². The van der Waals surface area contributed by atoms with E-state index in [1.54, 1.807) is 0 Å². The first-order valence-corrected chi connectivity index (χ1v) is 6.83. The maximum Gasteiger partial charge on any atom is 0.407 e. The predicted molar refractivity (Wildman–Crippen MR) is 76.1 cm³/mol. The molecule has 0 spiro atoms. The van der Waals surface area contributed by atoms with Gasteiger partial charge in [-0.15, -0.1) is 6.42 Å². The third-order valence-electron chi connectivity index (χ3n) is 2.86. The molecular formula is C13H20N4O5. The molecule has 0 radical (unpaired) electrons. The Labute approximate surface area is 128 Å². The molecule has 0 aromatic carbocycles. The number of terminal acetylenes is 1. The van der Waals surface area contributed by atoms with Gasteiger partial charge in [-0.3, -0.25) is 4.79 Å². The van der Waals surface area contributed by atoms with Crippen molar-refractivity contribution in [2.24, 2.45) is 16.0 Å². The quantitative estimate of drug-likeness (QED) is 0.366. The van der Waals surface area contributed by atoms with Gasteiger partial charge < -0.3 is 25.6 Å². The van der Waals surface area contributed by atoms with Gasteiger partial charge in [0.05, 0.1) is 0 Å². The van der Waals surface area contributed by atoms with Gasteiger partial charge in [-0.05, 0) is 19.3 Å². The molecule has 0 unspecified atom stereocenters. The minimum Gasteiger partial charge on any atom is -0.480 e. The highest BCUT2D eigenvalue weighted by atomic mass is 16.6. The molecule has 0 aromatic rings. The van der Waals surface area contributed by atoms with Gasteiger partial charge in [0.15, 0.2) is 0 Å². The van der Waals surface area contributed by atoms with Crippen molar-refractivity contribution in [3.8, 4) is 12.3 Å². The van der Waals surface area contributed by atoms with Crippen LogP contribution in [0.3, 0.4) is 0 Å². The Hall–Kier alpha value is -2.18. The number of nitrogens with zero attached hydrogens (tertiary/aromatic N) is 2. The van der Waals surface area contributed by atoms with E-state index < -0.39 is 23.8 Å². The topological polar surface area (TPSA) is 136 Å². The summed E-state index contributed by atoms with van der Waals surface area (Å²) in [6.45, 7) is 0.697. The fourth-order valence-electron chi connectivity index (χ4n) is 1.54. The lowest BCUT2D eigenvalue weighted by atomic mass is 10.1. The summed E-state index contributed by atoms with van der Waals surface area (Å²) in [5, 5.41) is 18.7. The van der Waals surface area contributed by atoms with Crippen LogP contribution >= 0.6 is 0 Å². The summed E-state index contributed by atoms with van der Waals surface area (Å²) in [5.41, 5.74) is 4.54. The summed E-state index contributed by atoms with van der Waals surface area (Å²) in [4.78, 5) is 21.9. The van der Waals surface area contributed by atoms with Gasteiger partial charge >= 0.3 is 12.1 Å². The average molecular weight is 312 g/mol. The molecule has 0 bridgehead atoms. The van der Waals surface area contributed by atoms with Crippen LogP contribution in [-0.2, 0) is 14.3 Å². The largest absolute Gasteiger partial charge is 0.480 e. The zero-order valence-electron chi connectivity index (χ0n) is 12.2. The summed E-state index contributed by atoms with van der Waals surface area (Å²) in [5.74, 6) is 1.29. The molecule has 0 fully saturated rings. The van der Waals surface area contributed by atoms with Crippen molar-refractivity contribution in [2.45, 2.75) is 31.0 Å². The third kappa shape index (κ3) is 7.01. The minimum atomic E-state index is -1.03. The molecule has 0 aliphatic carbocycles. The van der Waals surface area contributed by atoms with Gasteiger partial charge in [-0.2, -0.15) is 10.2 Å². The number of nitrogens with one attached hydrogen (secondary N) is 1. The van der Waals surface area contributed by atoms with Crippen LogP contribution in [0.4, 0.5) is 4.79 Å². The van der Waals surface area contributed by atoms with E-state index in [1.807, 2.05) is 0 Å². The zero-order chi connectivity index (χ0) is 16.4. The zero-order valence-corrected chi connectivity index (χ0v) is 12.2. The molecule has 0 saturated heterocycles. The molecule has 1 aliphatic rings. The smallest absolute Gasteiger partial charge is 0.407 e. The number of carbonyl (C=O) groups excluding carboxylic acids is 1. The highest BCUT2D eigenvalue weighted by Gasteiger charge is 2.42. The third-order valence-corrected chi connectivity index (χ3v) is 2.86. The predicted octanol–water partition coefficient (Wildman–Crippen LogP) is 0.107. The van der Waals surface area contributed by atoms with Gasteiger partial charge in [0, 0.05) is 6.54 Å². The minimum absolute atomic E-state index is 0.00665. The lowest BCUT2D eigenvalue weighted by molar-refractivity contribution is -0.138. The first-order chi connectivity index (χ1) is 10.5. The van der Waals surface area contributed by atoms with E-state index in [1.165, 1.54) is 0 Å². The molecule has 0 saturated carbocycles. The van der Waals surface area contributed by atoms with E-state index in [4.69, 9.17) is 26.7 Å². The number of unbranched alkanes of at least 4 members (excludes halogenated alkanes) is 1. The number of hydrogen-bond donors (Lipinski definition) is 3. The maximum atomic E-state index is 11.4. The van der Waals surface area contributed by atoms with Crippen LogP contribution in [0.5, 0.6) is 0 Å². The Morgan fingerprint density at radius 3 is 2.68 bits per heavy atom. The van der Waals surface area contributed by atoms with Crippen molar-refractivity contribution in [3.05, 3.63) is 0 Å². The molecule has 9 heteroatoms. The highest BCUT2D eigenvalue weighted by molar-refractivity contribution is 5.72. The number of carbonyl (C=O) groups is 2. The Morgan fingerprint density at radius 2 is 2.09 bits per heavy atom. The number of carboxylic acid groups (broad SMARTS) is 1. The van der Waals surface area contributed by atoms with Gasteiger partial charge in [0.2, 0.25) is 5.66 Å². The molecule has 1 rings (SSSR count). The summed E-state index contributed by atoms with van der Waals surface area (Å²) < 4.78 is 10.1. The van der Waals surface area contributed by atoms with Gasteiger partial charge in [0.25, 0.3) is 0 Å². The van der Waals surface area contributed by atoms with E-state index in [2.05, 4.69) is 21.5 Å². The van der Waals surface area contributed by atoms with Crippen molar-refractivity contribution in [1.29, 1.82) is 0 Å². The number of alkyl carbamates (subject to hydrolysis) is 1. The Bertz CT molecular complexity index is 454. The van der Waals surface area contributed by atoms with Crippen molar-refractivity contribution in [2.75, 3.05) is 26.4 Å². The summed E-state index contributed by atoms with van der Waals surface area (Å²) in [6.07, 6.45) is 6.03. The van der Waals surface area contributed by atoms with Crippen LogP contribution in [0.25, 0.3) is 0 Å². The average Bonchev–Trinajstić information content (AvgIpc) is 3.25. The normalized spacial score (nSPS) is 15.6. The van der Waals surface area contributed by atoms with Crippen molar-refractivity contribution >= 4 is 12.1 Å². The molecule has 1 atom stereocenters. The van der Waals surface area contributed by atoms with Crippen LogP contribution in [0.1, 0.15) is 19.3 Å². The Balaban J connectivity index is 2.02. The van der Waals surface area contributed by atoms with Crippen LogP contribution < -0.4 is 11.1 Å². The SMILES string of the molecule is C#CCOCC1(COC(=O)NCCCC[C@H](N)C(=O)O)N=N1. The summed E-state index contributed by atoms with van der Waals surface area (Å²) >= 11 is 0. The monoisotopic (exact) mass is 312 g/mol. The lowest BCUT2D eigenvalue weighted by Crippen LogP contribution is -2.33. The molecule has 1 heterocycles. The fraction of sp³-hybridized carbons (Fsp3) is 0.692. The van der Waals surface area contributed by atoms with Crippen LogP contribution in [0.15, 0.2) is 10.2 Å². The van der Waals surface area contributed by atoms with Gasteiger partial charge in [-0.25, -0.2) is 4.79 Å². The number of ether oxygens (including phenoxy) is 2. The molecule has 4 N–H and O–H groups in total. The molecular weight excluding hydrogens is 292 g/mol. The van der Waals surface area contributed by atoms with Crippen LogP contribution in [-0.4, -0.2) is 55.2 Å². The molecule has 22 heavy (non-hydrogen) atoms. The van der Waals surface area contributed by atoms with E-state index in [-0.39, 0.29) is 19.8 Å². The molecule has 0 aromatic heterocycles.